The van der Waals surface area contributed by atoms with Gasteiger partial charge < -0.3 is 5.32 Å². The van der Waals surface area contributed by atoms with Crippen LogP contribution in [-0.4, -0.2) is 45.5 Å². The second-order valence-electron chi connectivity index (χ2n) is 5.92. The number of hydrogen-bond acceptors (Lipinski definition) is 6. The molecule has 1 fully saturated rings. The number of rotatable bonds is 4. The van der Waals surface area contributed by atoms with E-state index < -0.39 is 9.84 Å². The van der Waals surface area contributed by atoms with E-state index >= 15 is 0 Å². The number of fused-ring (bicyclic) bond motifs is 1. The van der Waals surface area contributed by atoms with Crippen LogP contribution in [0.4, 0.5) is 5.82 Å². The Labute approximate surface area is 130 Å². The van der Waals surface area contributed by atoms with Gasteiger partial charge in [0.1, 0.15) is 22.0 Å². The van der Waals surface area contributed by atoms with Gasteiger partial charge >= 0.3 is 0 Å². The highest BCUT2D eigenvalue weighted by molar-refractivity contribution is 7.91. The van der Waals surface area contributed by atoms with Crippen molar-refractivity contribution in [3.05, 3.63) is 18.1 Å². The Balaban J connectivity index is 1.85. The molecule has 8 heteroatoms. The molecule has 2 aromatic heterocycles. The minimum atomic E-state index is -2.98. The van der Waals surface area contributed by atoms with E-state index in [-0.39, 0.29) is 11.3 Å². The Kier molecular flexibility index (Phi) is 4.03. The Bertz CT molecular complexity index is 771. The first-order valence-corrected chi connectivity index (χ1v) is 9.58. The van der Waals surface area contributed by atoms with Crippen LogP contribution in [0.5, 0.6) is 0 Å². The molecule has 0 aromatic carbocycles. The summed E-state index contributed by atoms with van der Waals surface area (Å²) in [5, 5.41) is 7.38. The van der Waals surface area contributed by atoms with Gasteiger partial charge in [-0.2, -0.15) is 14.6 Å². The zero-order chi connectivity index (χ0) is 15.7. The van der Waals surface area contributed by atoms with E-state index in [1.54, 1.807) is 4.52 Å². The first-order chi connectivity index (χ1) is 10.5. The quantitative estimate of drug-likeness (QED) is 0.916. The second-order valence-corrected chi connectivity index (χ2v) is 8.24. The summed E-state index contributed by atoms with van der Waals surface area (Å²) < 4.78 is 25.3. The normalized spacial score (nSPS) is 22.8. The van der Waals surface area contributed by atoms with E-state index in [9.17, 15) is 8.42 Å². The Morgan fingerprint density at radius 2 is 2.23 bits per heavy atom. The van der Waals surface area contributed by atoms with Gasteiger partial charge in [-0.3, -0.25) is 0 Å². The average molecular weight is 323 g/mol. The van der Waals surface area contributed by atoms with Crippen molar-refractivity contribution in [3.63, 3.8) is 0 Å². The highest BCUT2D eigenvalue weighted by Gasteiger charge is 2.29. The van der Waals surface area contributed by atoms with Gasteiger partial charge in [0.2, 0.25) is 0 Å². The van der Waals surface area contributed by atoms with Gasteiger partial charge in [0.15, 0.2) is 0 Å². The van der Waals surface area contributed by atoms with Crippen molar-refractivity contribution >= 4 is 21.4 Å². The lowest BCUT2D eigenvalue weighted by molar-refractivity contribution is 0.451. The maximum absolute atomic E-state index is 11.8. The number of hydrogen-bond donors (Lipinski definition) is 1. The lowest BCUT2D eigenvalue weighted by Gasteiger charge is -2.29. The van der Waals surface area contributed by atoms with Gasteiger partial charge in [0.05, 0.1) is 5.25 Å². The van der Waals surface area contributed by atoms with Crippen LogP contribution in [0.15, 0.2) is 12.4 Å². The lowest BCUT2D eigenvalue weighted by Crippen LogP contribution is -2.34. The van der Waals surface area contributed by atoms with E-state index in [1.807, 2.05) is 13.0 Å². The Hall–Kier alpha value is -1.70. The van der Waals surface area contributed by atoms with Crippen molar-refractivity contribution in [2.45, 2.75) is 50.3 Å². The van der Waals surface area contributed by atoms with Gasteiger partial charge in [0.25, 0.3) is 5.78 Å². The zero-order valence-electron chi connectivity index (χ0n) is 12.9. The fraction of sp³-hybridized carbons (Fsp3) is 0.643. The summed E-state index contributed by atoms with van der Waals surface area (Å²) in [5.74, 6) is 1.40. The molecule has 0 saturated heterocycles. The molecule has 120 valence electrons. The maximum atomic E-state index is 11.8. The molecule has 0 spiro atoms. The molecule has 1 N–H and O–H groups in total. The number of nitrogens with one attached hydrogen (secondary N) is 1. The number of anilines is 1. The number of aryl methyl sites for hydroxylation is 1. The Morgan fingerprint density at radius 3 is 2.95 bits per heavy atom. The monoisotopic (exact) mass is 323 g/mol. The Morgan fingerprint density at radius 1 is 1.41 bits per heavy atom. The summed E-state index contributed by atoms with van der Waals surface area (Å²) in [6.07, 6.45) is 6.90. The van der Waals surface area contributed by atoms with Crippen LogP contribution in [0.2, 0.25) is 0 Å². The van der Waals surface area contributed by atoms with E-state index in [0.717, 1.165) is 37.2 Å². The van der Waals surface area contributed by atoms with E-state index in [2.05, 4.69) is 20.4 Å². The lowest BCUT2D eigenvalue weighted by atomic mass is 9.95. The molecule has 1 aliphatic carbocycles. The number of nitrogens with zero attached hydrogens (tertiary/aromatic N) is 4. The predicted octanol–water partition coefficient (Wildman–Crippen LogP) is 1.45. The predicted molar refractivity (Wildman–Crippen MR) is 84.7 cm³/mol. The van der Waals surface area contributed by atoms with E-state index in [0.29, 0.717) is 12.2 Å². The highest BCUT2D eigenvalue weighted by atomic mass is 32.2. The van der Waals surface area contributed by atoms with Gasteiger partial charge in [0, 0.05) is 24.1 Å². The van der Waals surface area contributed by atoms with Gasteiger partial charge in [-0.25, -0.2) is 13.4 Å². The van der Waals surface area contributed by atoms with Crippen molar-refractivity contribution in [2.24, 2.45) is 0 Å². The molecule has 22 heavy (non-hydrogen) atoms. The molecule has 1 aliphatic rings. The first kappa shape index (κ1) is 15.2. The zero-order valence-corrected chi connectivity index (χ0v) is 13.7. The molecular formula is C14H21N5O2S. The fourth-order valence-electron chi connectivity index (χ4n) is 3.02. The summed E-state index contributed by atoms with van der Waals surface area (Å²) in [7, 11) is -2.98. The fourth-order valence-corrected chi connectivity index (χ4v) is 4.20. The summed E-state index contributed by atoms with van der Waals surface area (Å²) in [5.41, 5.74) is 0.943. The van der Waals surface area contributed by atoms with Crippen molar-refractivity contribution in [2.75, 3.05) is 11.6 Å². The average Bonchev–Trinajstić information content (AvgIpc) is 2.95. The molecular weight excluding hydrogens is 302 g/mol. The molecule has 0 amide bonds. The topological polar surface area (TPSA) is 89.2 Å². The third kappa shape index (κ3) is 3.06. The summed E-state index contributed by atoms with van der Waals surface area (Å²) in [6.45, 7) is 2.04. The minimum absolute atomic E-state index is 0.132. The van der Waals surface area contributed by atoms with Crippen molar-refractivity contribution < 1.29 is 8.42 Å². The molecule has 2 atom stereocenters. The molecule has 2 heterocycles. The number of aromatic nitrogens is 4. The molecule has 1 saturated carbocycles. The van der Waals surface area contributed by atoms with Crippen LogP contribution in [0.25, 0.3) is 5.78 Å². The summed E-state index contributed by atoms with van der Waals surface area (Å²) in [4.78, 5) is 8.56. The molecule has 0 aliphatic heterocycles. The van der Waals surface area contributed by atoms with Crippen LogP contribution < -0.4 is 5.32 Å². The molecule has 2 unspecified atom stereocenters. The third-order valence-electron chi connectivity index (χ3n) is 4.25. The molecule has 3 rings (SSSR count). The molecule has 0 radical (unpaired) electrons. The van der Waals surface area contributed by atoms with Gasteiger partial charge in [-0.1, -0.05) is 13.3 Å². The highest BCUT2D eigenvalue weighted by Crippen LogP contribution is 2.26. The van der Waals surface area contributed by atoms with Crippen LogP contribution in [0.3, 0.4) is 0 Å². The SMILES string of the molecule is CCc1cc(NC2CCCC(S(C)(=O)=O)C2)n2ncnc2n1. The van der Waals surface area contributed by atoms with Crippen LogP contribution >= 0.6 is 0 Å². The van der Waals surface area contributed by atoms with Crippen LogP contribution in [0.1, 0.15) is 38.3 Å². The second kappa shape index (κ2) is 5.83. The van der Waals surface area contributed by atoms with E-state index in [1.165, 1.54) is 12.6 Å². The molecule has 7 nitrogen and oxygen atoms in total. The van der Waals surface area contributed by atoms with E-state index in [4.69, 9.17) is 0 Å². The van der Waals surface area contributed by atoms with Crippen molar-refractivity contribution in [1.82, 2.24) is 19.6 Å². The van der Waals surface area contributed by atoms with Gasteiger partial charge in [-0.15, -0.1) is 0 Å². The standard InChI is InChI=1S/C14H21N5O2S/c1-3-10-8-13(19-14(18-10)15-9-16-19)17-11-5-4-6-12(7-11)22(2,20)21/h8-9,11-12,17H,3-7H2,1-2H3. The van der Waals surface area contributed by atoms with Crippen LogP contribution in [-0.2, 0) is 16.3 Å². The maximum Gasteiger partial charge on any atom is 0.254 e. The van der Waals surface area contributed by atoms with Crippen LogP contribution in [0, 0.1) is 0 Å². The molecule has 0 bridgehead atoms. The summed E-state index contributed by atoms with van der Waals surface area (Å²) >= 11 is 0. The smallest absolute Gasteiger partial charge is 0.254 e. The largest absolute Gasteiger partial charge is 0.367 e. The third-order valence-corrected chi connectivity index (χ3v) is 5.89. The minimum Gasteiger partial charge on any atom is -0.367 e. The summed E-state index contributed by atoms with van der Waals surface area (Å²) in [6, 6.07) is 2.10. The van der Waals surface area contributed by atoms with Crippen molar-refractivity contribution in [1.29, 1.82) is 0 Å². The van der Waals surface area contributed by atoms with Crippen molar-refractivity contribution in [3.8, 4) is 0 Å². The first-order valence-electron chi connectivity index (χ1n) is 7.62. The van der Waals surface area contributed by atoms with Gasteiger partial charge in [-0.05, 0) is 25.7 Å². The molecule has 2 aromatic rings. The number of sulfone groups is 1.